The van der Waals surface area contributed by atoms with Gasteiger partial charge in [-0.05, 0) is 12.5 Å². The lowest BCUT2D eigenvalue weighted by Crippen LogP contribution is -2.33. The van der Waals surface area contributed by atoms with Gasteiger partial charge in [-0.3, -0.25) is 10.1 Å². The van der Waals surface area contributed by atoms with Crippen LogP contribution in [0.1, 0.15) is 6.42 Å². The predicted molar refractivity (Wildman–Crippen MR) is 62.9 cm³/mol. The molecule has 0 aromatic carbocycles. The number of rotatable bonds is 3. The summed E-state index contributed by atoms with van der Waals surface area (Å²) in [6.07, 6.45) is 0.837. The smallest absolute Gasteiger partial charge is 0.311 e. The number of aromatic nitrogens is 1. The standard InChI is InChI=1S/C10H14N4O3/c1-13(7-4-5-17-6-7)10-8(14(15)16)2-3-9(11)12-10/h2-3,7H,4-6H2,1H3,(H2,11,12). The van der Waals surface area contributed by atoms with Crippen LogP contribution in [0.4, 0.5) is 17.3 Å². The first kappa shape index (κ1) is 11.6. The van der Waals surface area contributed by atoms with E-state index in [1.807, 2.05) is 0 Å². The highest BCUT2D eigenvalue weighted by Crippen LogP contribution is 2.28. The zero-order valence-electron chi connectivity index (χ0n) is 9.50. The van der Waals surface area contributed by atoms with E-state index in [0.717, 1.165) is 6.42 Å². The fourth-order valence-corrected chi connectivity index (χ4v) is 1.86. The van der Waals surface area contributed by atoms with Gasteiger partial charge in [-0.25, -0.2) is 4.98 Å². The molecular weight excluding hydrogens is 224 g/mol. The minimum atomic E-state index is -0.450. The molecule has 1 fully saturated rings. The Hall–Kier alpha value is -1.89. The van der Waals surface area contributed by atoms with E-state index in [1.165, 1.54) is 12.1 Å². The number of ether oxygens (including phenoxy) is 1. The van der Waals surface area contributed by atoms with Crippen LogP contribution in [0.25, 0.3) is 0 Å². The average Bonchev–Trinajstić information content (AvgIpc) is 2.80. The Kier molecular flexibility index (Phi) is 3.10. The largest absolute Gasteiger partial charge is 0.384 e. The molecule has 0 aliphatic carbocycles. The molecular formula is C10H14N4O3. The van der Waals surface area contributed by atoms with Crippen LogP contribution in [0.5, 0.6) is 0 Å². The fraction of sp³-hybridized carbons (Fsp3) is 0.500. The molecule has 1 aromatic rings. The zero-order chi connectivity index (χ0) is 12.4. The Bertz CT molecular complexity index is 432. The molecule has 2 N–H and O–H groups in total. The van der Waals surface area contributed by atoms with Gasteiger partial charge in [0.2, 0.25) is 5.82 Å². The van der Waals surface area contributed by atoms with Gasteiger partial charge in [-0.1, -0.05) is 0 Å². The Morgan fingerprint density at radius 1 is 1.65 bits per heavy atom. The van der Waals surface area contributed by atoms with E-state index in [4.69, 9.17) is 10.5 Å². The number of likely N-dealkylation sites (N-methyl/N-ethyl adjacent to an activating group) is 1. The van der Waals surface area contributed by atoms with E-state index >= 15 is 0 Å². The van der Waals surface area contributed by atoms with Crippen LogP contribution in [0.2, 0.25) is 0 Å². The van der Waals surface area contributed by atoms with Crippen molar-refractivity contribution in [3.05, 3.63) is 22.2 Å². The number of nitrogen functional groups attached to an aromatic ring is 1. The molecule has 0 spiro atoms. The summed E-state index contributed by atoms with van der Waals surface area (Å²) in [5.74, 6) is 0.571. The maximum atomic E-state index is 10.9. The molecule has 1 unspecified atom stereocenters. The molecule has 17 heavy (non-hydrogen) atoms. The molecule has 1 saturated heterocycles. The van der Waals surface area contributed by atoms with Gasteiger partial charge in [0.05, 0.1) is 17.6 Å². The fourth-order valence-electron chi connectivity index (χ4n) is 1.86. The van der Waals surface area contributed by atoms with Crippen molar-refractivity contribution < 1.29 is 9.66 Å². The van der Waals surface area contributed by atoms with Crippen molar-refractivity contribution in [2.24, 2.45) is 0 Å². The van der Waals surface area contributed by atoms with Gasteiger partial charge >= 0.3 is 5.69 Å². The molecule has 0 radical (unpaired) electrons. The normalized spacial score (nSPS) is 19.2. The highest BCUT2D eigenvalue weighted by molar-refractivity contribution is 5.61. The molecule has 7 nitrogen and oxygen atoms in total. The van der Waals surface area contributed by atoms with Crippen LogP contribution in [0.3, 0.4) is 0 Å². The summed E-state index contributed by atoms with van der Waals surface area (Å²) in [7, 11) is 1.77. The topological polar surface area (TPSA) is 94.5 Å². The molecule has 2 rings (SSSR count). The second kappa shape index (κ2) is 4.54. The SMILES string of the molecule is CN(c1nc(N)ccc1[N+](=O)[O-])C1CCOC1. The quantitative estimate of drug-likeness (QED) is 0.618. The second-order valence-electron chi connectivity index (χ2n) is 3.96. The van der Waals surface area contributed by atoms with Crippen molar-refractivity contribution in [1.29, 1.82) is 0 Å². The van der Waals surface area contributed by atoms with Gasteiger partial charge in [0.15, 0.2) is 0 Å². The molecule has 92 valence electrons. The lowest BCUT2D eigenvalue weighted by Gasteiger charge is -2.23. The summed E-state index contributed by atoms with van der Waals surface area (Å²) in [4.78, 5) is 16.3. The molecule has 1 aromatic heterocycles. The summed E-state index contributed by atoms with van der Waals surface area (Å²) in [5, 5.41) is 10.9. The van der Waals surface area contributed by atoms with E-state index in [1.54, 1.807) is 11.9 Å². The molecule has 1 atom stereocenters. The molecule has 1 aliphatic heterocycles. The summed E-state index contributed by atoms with van der Waals surface area (Å²) >= 11 is 0. The first-order valence-electron chi connectivity index (χ1n) is 5.31. The van der Waals surface area contributed by atoms with E-state index in [2.05, 4.69) is 4.98 Å². The average molecular weight is 238 g/mol. The van der Waals surface area contributed by atoms with Crippen molar-refractivity contribution >= 4 is 17.3 Å². The minimum Gasteiger partial charge on any atom is -0.384 e. The lowest BCUT2D eigenvalue weighted by atomic mass is 10.2. The molecule has 1 aliphatic rings. The van der Waals surface area contributed by atoms with Crippen LogP contribution < -0.4 is 10.6 Å². The zero-order valence-corrected chi connectivity index (χ0v) is 9.50. The maximum Gasteiger partial charge on any atom is 0.311 e. The van der Waals surface area contributed by atoms with Crippen molar-refractivity contribution in [3.8, 4) is 0 Å². The van der Waals surface area contributed by atoms with Gasteiger partial charge in [0.25, 0.3) is 0 Å². The molecule has 2 heterocycles. The Morgan fingerprint density at radius 3 is 3.00 bits per heavy atom. The highest BCUT2D eigenvalue weighted by atomic mass is 16.6. The summed E-state index contributed by atoms with van der Waals surface area (Å²) in [6, 6.07) is 2.92. The van der Waals surface area contributed by atoms with Gasteiger partial charge in [-0.15, -0.1) is 0 Å². The van der Waals surface area contributed by atoms with E-state index in [0.29, 0.717) is 19.0 Å². The van der Waals surface area contributed by atoms with Crippen LogP contribution in [0.15, 0.2) is 12.1 Å². The van der Waals surface area contributed by atoms with Crippen molar-refractivity contribution in [2.45, 2.75) is 12.5 Å². The summed E-state index contributed by atoms with van der Waals surface area (Å²) in [6.45, 7) is 1.23. The van der Waals surface area contributed by atoms with Crippen LogP contribution in [-0.4, -0.2) is 36.2 Å². The van der Waals surface area contributed by atoms with Crippen molar-refractivity contribution in [1.82, 2.24) is 4.98 Å². The van der Waals surface area contributed by atoms with Crippen molar-refractivity contribution in [2.75, 3.05) is 30.9 Å². The summed E-state index contributed by atoms with van der Waals surface area (Å²) < 4.78 is 5.26. The van der Waals surface area contributed by atoms with Gasteiger partial charge in [0, 0.05) is 19.7 Å². The van der Waals surface area contributed by atoms with Crippen LogP contribution >= 0.6 is 0 Å². The Labute approximate surface area is 98.3 Å². The van der Waals surface area contributed by atoms with Gasteiger partial charge < -0.3 is 15.4 Å². The van der Waals surface area contributed by atoms with Gasteiger partial charge in [-0.2, -0.15) is 0 Å². The van der Waals surface area contributed by atoms with Crippen LogP contribution in [-0.2, 0) is 4.74 Å². The third-order valence-electron chi connectivity index (χ3n) is 2.86. The first-order valence-corrected chi connectivity index (χ1v) is 5.31. The first-order chi connectivity index (χ1) is 8.09. The summed E-state index contributed by atoms with van der Waals surface area (Å²) in [5.41, 5.74) is 5.54. The molecule has 7 heteroatoms. The monoisotopic (exact) mass is 238 g/mol. The minimum absolute atomic E-state index is 0.0337. The van der Waals surface area contributed by atoms with Crippen LogP contribution in [0, 0.1) is 10.1 Å². The molecule has 0 bridgehead atoms. The van der Waals surface area contributed by atoms with Gasteiger partial charge in [0.1, 0.15) is 5.82 Å². The predicted octanol–water partition coefficient (Wildman–Crippen LogP) is 0.797. The maximum absolute atomic E-state index is 10.9. The molecule has 0 amide bonds. The number of pyridine rings is 1. The second-order valence-corrected chi connectivity index (χ2v) is 3.96. The van der Waals surface area contributed by atoms with E-state index < -0.39 is 4.92 Å². The number of nitrogens with two attached hydrogens (primary N) is 1. The number of nitrogens with zero attached hydrogens (tertiary/aromatic N) is 3. The van der Waals surface area contributed by atoms with Crippen molar-refractivity contribution in [3.63, 3.8) is 0 Å². The Balaban J connectivity index is 2.34. The highest BCUT2D eigenvalue weighted by Gasteiger charge is 2.27. The third kappa shape index (κ3) is 2.28. The number of hydrogen-bond acceptors (Lipinski definition) is 6. The van der Waals surface area contributed by atoms with E-state index in [9.17, 15) is 10.1 Å². The Morgan fingerprint density at radius 2 is 2.41 bits per heavy atom. The van der Waals surface area contributed by atoms with E-state index in [-0.39, 0.29) is 17.5 Å². The number of nitro groups is 1. The lowest BCUT2D eigenvalue weighted by molar-refractivity contribution is -0.384. The number of anilines is 2. The molecule has 0 saturated carbocycles. The third-order valence-corrected chi connectivity index (χ3v) is 2.86. The number of hydrogen-bond donors (Lipinski definition) is 1.